The third-order valence-electron chi connectivity index (χ3n) is 3.27. The Morgan fingerprint density at radius 1 is 1.04 bits per heavy atom. The van der Waals surface area contributed by atoms with Crippen LogP contribution in [0.2, 0.25) is 19.1 Å². The minimum absolute atomic E-state index is 0.379. The Hall–Kier alpha value is -0.776. The van der Waals surface area contributed by atoms with Crippen LogP contribution in [0, 0.1) is 0 Å². The summed E-state index contributed by atoms with van der Waals surface area (Å²) in [7, 11) is -0.684. The van der Waals surface area contributed by atoms with E-state index in [4.69, 9.17) is 22.4 Å². The Morgan fingerprint density at radius 3 is 1.83 bits per heavy atom. The Labute approximate surface area is 149 Å². The third kappa shape index (κ3) is 12.6. The largest absolute Gasteiger partial charge is 0.463 e. The van der Waals surface area contributed by atoms with Crippen LogP contribution in [-0.4, -0.2) is 57.1 Å². The fraction of sp³-hybridized carbons (Fsp3) is 0.688. The Bertz CT molecular complexity index is 352. The summed E-state index contributed by atoms with van der Waals surface area (Å²) in [5, 5.41) is 0. The maximum absolute atomic E-state index is 10.8. The second-order valence-corrected chi connectivity index (χ2v) is 11.7. The molecule has 0 aromatic carbocycles. The first kappa shape index (κ1) is 25.5. The number of hydrogen-bond donors (Lipinski definition) is 0. The van der Waals surface area contributed by atoms with Crippen molar-refractivity contribution in [2.75, 3.05) is 34.0 Å². The molecule has 0 aromatic heterocycles. The zero-order valence-electron chi connectivity index (χ0n) is 16.1. The van der Waals surface area contributed by atoms with Gasteiger partial charge in [0, 0.05) is 33.5 Å². The maximum Gasteiger partial charge on any atom is 0.360 e. The van der Waals surface area contributed by atoms with Crippen molar-refractivity contribution in [1.82, 2.24) is 0 Å². The summed E-state index contributed by atoms with van der Waals surface area (Å²) in [5.41, 5.74) is 1.74. The van der Waals surface area contributed by atoms with Gasteiger partial charge >= 0.3 is 23.1 Å². The molecule has 0 N–H and O–H groups in total. The average Bonchev–Trinajstić information content (AvgIpc) is 2.58. The number of ether oxygens (including phenoxy) is 1. The summed E-state index contributed by atoms with van der Waals surface area (Å²) in [4.78, 5) is 10.8. The first-order chi connectivity index (χ1) is 11.3. The highest BCUT2D eigenvalue weighted by Gasteiger charge is 2.29. The fourth-order valence-electron chi connectivity index (χ4n) is 1.67. The van der Waals surface area contributed by atoms with Gasteiger partial charge in [0.1, 0.15) is 0 Å². The molecule has 0 saturated carbocycles. The van der Waals surface area contributed by atoms with E-state index >= 15 is 0 Å². The van der Waals surface area contributed by atoms with Crippen LogP contribution < -0.4 is 0 Å². The maximum atomic E-state index is 10.8. The van der Waals surface area contributed by atoms with Gasteiger partial charge in [-0.3, -0.25) is 0 Å². The Balaban J connectivity index is 0. The molecule has 0 aliphatic carbocycles. The molecule has 0 unspecified atom stereocenters. The summed E-state index contributed by atoms with van der Waals surface area (Å²) >= 11 is 0. The number of esters is 1. The van der Waals surface area contributed by atoms with E-state index in [1.165, 1.54) is 6.08 Å². The van der Waals surface area contributed by atoms with Gasteiger partial charge in [-0.2, -0.15) is 0 Å². The van der Waals surface area contributed by atoms with Gasteiger partial charge in [-0.05, 0) is 45.1 Å². The molecule has 24 heavy (non-hydrogen) atoms. The highest BCUT2D eigenvalue weighted by Crippen LogP contribution is 2.15. The van der Waals surface area contributed by atoms with Gasteiger partial charge in [0.25, 0.3) is 0 Å². The van der Waals surface area contributed by atoms with E-state index in [1.54, 1.807) is 19.9 Å². The van der Waals surface area contributed by atoms with Gasteiger partial charge in [0.05, 0.1) is 6.61 Å². The quantitative estimate of drug-likeness (QED) is 0.225. The molecule has 0 fully saturated rings. The van der Waals surface area contributed by atoms with Gasteiger partial charge in [0.15, 0.2) is 0 Å². The van der Waals surface area contributed by atoms with Crippen molar-refractivity contribution in [3.8, 4) is 0 Å². The van der Waals surface area contributed by atoms with E-state index in [9.17, 15) is 4.79 Å². The van der Waals surface area contributed by atoms with Crippen LogP contribution in [0.15, 0.2) is 24.9 Å². The number of rotatable bonds is 12. The SMILES string of the molecule is C=CC(=O)OCCC[Si](C)(OCC)OCC.C=C[Si](C)(OC)OC. The summed E-state index contributed by atoms with van der Waals surface area (Å²) < 4.78 is 26.3. The lowest BCUT2D eigenvalue weighted by Gasteiger charge is -2.25. The fourth-order valence-corrected chi connectivity index (χ4v) is 4.55. The van der Waals surface area contributed by atoms with Crippen LogP contribution in [-0.2, 0) is 27.2 Å². The smallest absolute Gasteiger partial charge is 0.360 e. The van der Waals surface area contributed by atoms with Crippen molar-refractivity contribution in [2.24, 2.45) is 0 Å². The summed E-state index contributed by atoms with van der Waals surface area (Å²) in [6.07, 6.45) is 1.93. The molecule has 8 heteroatoms. The lowest BCUT2D eigenvalue weighted by Crippen LogP contribution is -2.38. The van der Waals surface area contributed by atoms with E-state index in [2.05, 4.69) is 13.2 Å². The van der Waals surface area contributed by atoms with Gasteiger partial charge in [0.2, 0.25) is 0 Å². The lowest BCUT2D eigenvalue weighted by atomic mass is 10.5. The molecule has 0 bridgehead atoms. The van der Waals surface area contributed by atoms with Crippen LogP contribution in [0.1, 0.15) is 20.3 Å². The van der Waals surface area contributed by atoms with Crippen molar-refractivity contribution >= 4 is 23.1 Å². The number of carbonyl (C=O) groups is 1. The molecule has 0 aliphatic rings. The zero-order valence-corrected chi connectivity index (χ0v) is 18.1. The molecular formula is C16H34O6Si2. The molecule has 0 amide bonds. The normalized spacial score (nSPS) is 11.2. The van der Waals surface area contributed by atoms with Crippen LogP contribution >= 0.6 is 0 Å². The molecule has 0 aliphatic heterocycles. The third-order valence-corrected chi connectivity index (χ3v) is 8.69. The predicted molar refractivity (Wildman–Crippen MR) is 101 cm³/mol. The van der Waals surface area contributed by atoms with Crippen molar-refractivity contribution in [2.45, 2.75) is 39.4 Å². The first-order valence-electron chi connectivity index (χ1n) is 8.07. The number of hydrogen-bond acceptors (Lipinski definition) is 6. The number of carbonyl (C=O) groups excluding carboxylic acids is 1. The molecule has 0 radical (unpaired) electrons. The molecule has 0 heterocycles. The van der Waals surface area contributed by atoms with Crippen LogP contribution in [0.5, 0.6) is 0 Å². The first-order valence-corrected chi connectivity index (χ1v) is 13.0. The van der Waals surface area contributed by atoms with E-state index in [0.29, 0.717) is 19.8 Å². The molecule has 0 atom stereocenters. The van der Waals surface area contributed by atoms with E-state index < -0.39 is 17.1 Å². The zero-order chi connectivity index (χ0) is 19.1. The summed E-state index contributed by atoms with van der Waals surface area (Å²) in [6.45, 7) is 16.5. The predicted octanol–water partition coefficient (Wildman–Crippen LogP) is 3.33. The highest BCUT2D eigenvalue weighted by atomic mass is 28.4. The molecule has 142 valence electrons. The van der Waals surface area contributed by atoms with E-state index in [1.807, 2.05) is 26.9 Å². The van der Waals surface area contributed by atoms with E-state index in [0.717, 1.165) is 12.5 Å². The molecule has 6 nitrogen and oxygen atoms in total. The van der Waals surface area contributed by atoms with Gasteiger partial charge in [-0.15, -0.1) is 6.58 Å². The van der Waals surface area contributed by atoms with Crippen LogP contribution in [0.25, 0.3) is 0 Å². The van der Waals surface area contributed by atoms with Gasteiger partial charge in [-0.25, -0.2) is 4.79 Å². The lowest BCUT2D eigenvalue weighted by molar-refractivity contribution is -0.137. The minimum Gasteiger partial charge on any atom is -0.463 e. The minimum atomic E-state index is -2.05. The highest BCUT2D eigenvalue weighted by molar-refractivity contribution is 6.71. The van der Waals surface area contributed by atoms with Gasteiger partial charge < -0.3 is 22.4 Å². The average molecular weight is 379 g/mol. The second-order valence-electron chi connectivity index (χ2n) is 5.10. The van der Waals surface area contributed by atoms with Crippen molar-refractivity contribution in [3.63, 3.8) is 0 Å². The van der Waals surface area contributed by atoms with Gasteiger partial charge in [-0.1, -0.05) is 6.58 Å². The monoisotopic (exact) mass is 378 g/mol. The molecule has 0 saturated heterocycles. The molecule has 0 spiro atoms. The van der Waals surface area contributed by atoms with Crippen LogP contribution in [0.3, 0.4) is 0 Å². The van der Waals surface area contributed by atoms with Crippen molar-refractivity contribution in [1.29, 1.82) is 0 Å². The Morgan fingerprint density at radius 2 is 1.54 bits per heavy atom. The topological polar surface area (TPSA) is 63.2 Å². The summed E-state index contributed by atoms with van der Waals surface area (Å²) in [6, 6.07) is 0.832. The molecular weight excluding hydrogens is 344 g/mol. The second kappa shape index (κ2) is 14.6. The van der Waals surface area contributed by atoms with E-state index in [-0.39, 0.29) is 5.97 Å². The summed E-state index contributed by atoms with van der Waals surface area (Å²) in [5.74, 6) is -0.379. The Kier molecular flexibility index (Phi) is 15.4. The standard InChI is InChI=1S/C11H22O4Si.C5H12O2Si/c1-5-11(12)13-9-8-10-16(4,14-6-2)15-7-3;1-5-8(4,6-2)7-3/h5H,1,6-10H2,2-4H3;5H,1H2,2-4H3. The van der Waals surface area contributed by atoms with Crippen molar-refractivity contribution < 1.29 is 27.2 Å². The van der Waals surface area contributed by atoms with Crippen LogP contribution in [0.4, 0.5) is 0 Å². The van der Waals surface area contributed by atoms with Crippen molar-refractivity contribution in [3.05, 3.63) is 24.9 Å². The molecule has 0 rings (SSSR count). The molecule has 0 aromatic rings.